The van der Waals surface area contributed by atoms with Crippen molar-refractivity contribution >= 4 is 43.1 Å². The molecule has 34 heavy (non-hydrogen) atoms. The van der Waals surface area contributed by atoms with Crippen LogP contribution in [0.5, 0.6) is 0 Å². The Hall–Kier alpha value is -2.17. The number of aromatic amines is 1. The molecule has 2 aromatic rings. The minimum absolute atomic E-state index is 0.0904. The van der Waals surface area contributed by atoms with E-state index in [0.29, 0.717) is 30.2 Å². The van der Waals surface area contributed by atoms with Crippen molar-refractivity contribution in [1.82, 2.24) is 19.5 Å². The summed E-state index contributed by atoms with van der Waals surface area (Å²) >= 11 is 5.32. The Labute approximate surface area is 199 Å². The predicted molar refractivity (Wildman–Crippen MR) is 124 cm³/mol. The van der Waals surface area contributed by atoms with Crippen LogP contribution in [0.25, 0.3) is 11.2 Å². The fourth-order valence-corrected chi connectivity index (χ4v) is 4.07. The van der Waals surface area contributed by atoms with Gasteiger partial charge in [-0.2, -0.15) is 0 Å². The summed E-state index contributed by atoms with van der Waals surface area (Å²) in [4.78, 5) is 33.2. The zero-order chi connectivity index (χ0) is 24.9. The molecule has 0 amide bonds. The zero-order valence-corrected chi connectivity index (χ0v) is 19.9. The van der Waals surface area contributed by atoms with E-state index < -0.39 is 39.0 Å². The molecule has 0 unspecified atom stereocenters. The Kier molecular flexibility index (Phi) is 8.95. The van der Waals surface area contributed by atoms with E-state index in [2.05, 4.69) is 29.8 Å². The number of aliphatic hydroxyl groups excluding tert-OH is 2. The first-order chi connectivity index (χ1) is 16.1. The number of phosphoric acid groups is 1. The second-order valence-corrected chi connectivity index (χ2v) is 9.35. The number of hydrogen-bond acceptors (Lipinski definition) is 10. The second kappa shape index (κ2) is 11.5. The van der Waals surface area contributed by atoms with Gasteiger partial charge < -0.3 is 46.5 Å². The summed E-state index contributed by atoms with van der Waals surface area (Å²) in [6.07, 6.45) is -0.0521. The van der Waals surface area contributed by atoms with Gasteiger partial charge in [0.25, 0.3) is 0 Å². The molecule has 3 rings (SSSR count). The molecule has 15 nitrogen and oxygen atoms in total. The smallest absolute Gasteiger partial charge is 0.387 e. The van der Waals surface area contributed by atoms with Gasteiger partial charge in [0.05, 0.1) is 12.9 Å². The molecule has 0 spiro atoms. The number of nitrogens with one attached hydrogen (secondary N) is 2. The molecule has 0 radical (unpaired) electrons. The molecule has 4 atom stereocenters. The van der Waals surface area contributed by atoms with Crippen LogP contribution in [0.2, 0.25) is 0 Å². The summed E-state index contributed by atoms with van der Waals surface area (Å²) < 4.78 is 22.6. The van der Waals surface area contributed by atoms with Gasteiger partial charge in [0.2, 0.25) is 5.95 Å². The van der Waals surface area contributed by atoms with Gasteiger partial charge in [0, 0.05) is 13.1 Å². The summed E-state index contributed by atoms with van der Waals surface area (Å²) in [5.74, 6) is 0.488. The molecule has 1 aliphatic heterocycles. The molecule has 1 fully saturated rings. The summed E-state index contributed by atoms with van der Waals surface area (Å²) in [7, 11) is -4.77. The number of nitrogens with zero attached hydrogens (tertiary/aromatic N) is 4. The van der Waals surface area contributed by atoms with Crippen LogP contribution in [-0.4, -0.2) is 83.5 Å². The molecular formula is C17H29N8O7PS. The van der Waals surface area contributed by atoms with Crippen LogP contribution in [0.4, 0.5) is 5.95 Å². The number of imidazole rings is 1. The van der Waals surface area contributed by atoms with Crippen molar-refractivity contribution in [1.29, 1.82) is 0 Å². The van der Waals surface area contributed by atoms with E-state index in [-0.39, 0.29) is 10.6 Å². The molecule has 1 saturated heterocycles. The number of fused-ring (bicyclic) bond motifs is 1. The number of aliphatic hydroxyl groups is 2. The van der Waals surface area contributed by atoms with Crippen LogP contribution in [0, 0.1) is 4.64 Å². The molecule has 190 valence electrons. The minimum Gasteiger partial charge on any atom is -0.387 e. The van der Waals surface area contributed by atoms with E-state index in [1.165, 1.54) is 10.9 Å². The maximum atomic E-state index is 10.9. The van der Waals surface area contributed by atoms with Crippen molar-refractivity contribution in [3.05, 3.63) is 11.0 Å². The summed E-state index contributed by atoms with van der Waals surface area (Å²) in [5, 5.41) is 23.8. The first-order valence-electron chi connectivity index (χ1n) is 10.5. The number of guanidine groups is 1. The highest BCUT2D eigenvalue weighted by atomic mass is 32.1. The summed E-state index contributed by atoms with van der Waals surface area (Å²) in [6, 6.07) is 0. The Morgan fingerprint density at radius 3 is 2.74 bits per heavy atom. The maximum Gasteiger partial charge on any atom is 0.469 e. The number of aliphatic imine (C=N–C) groups is 1. The number of ether oxygens (including phenoxy) is 1. The first kappa shape index (κ1) is 26.4. The molecule has 17 heteroatoms. The largest absolute Gasteiger partial charge is 0.469 e. The van der Waals surface area contributed by atoms with Crippen molar-refractivity contribution in [2.75, 3.05) is 25.0 Å². The van der Waals surface area contributed by atoms with Crippen LogP contribution in [0.15, 0.2) is 11.3 Å². The average molecular weight is 521 g/mol. The quantitative estimate of drug-likeness (QED) is 0.0577. The number of H-pyrrole nitrogens is 1. The highest BCUT2D eigenvalue weighted by Crippen LogP contribution is 2.38. The van der Waals surface area contributed by atoms with Gasteiger partial charge in [-0.3, -0.25) is 14.1 Å². The van der Waals surface area contributed by atoms with Gasteiger partial charge in [-0.05, 0) is 12.8 Å². The van der Waals surface area contributed by atoms with Gasteiger partial charge in [-0.1, -0.05) is 25.1 Å². The third-order valence-electron chi connectivity index (χ3n) is 5.14. The van der Waals surface area contributed by atoms with Gasteiger partial charge in [-0.25, -0.2) is 14.5 Å². The van der Waals surface area contributed by atoms with Crippen LogP contribution >= 0.6 is 20.0 Å². The first-order valence-corrected chi connectivity index (χ1v) is 12.5. The average Bonchev–Trinajstić information content (AvgIpc) is 3.29. The van der Waals surface area contributed by atoms with Gasteiger partial charge in [-0.15, -0.1) is 0 Å². The fraction of sp³-hybridized carbons (Fsp3) is 0.647. The monoisotopic (exact) mass is 520 g/mol. The Morgan fingerprint density at radius 1 is 1.29 bits per heavy atom. The van der Waals surface area contributed by atoms with Crippen LogP contribution in [-0.2, 0) is 13.8 Å². The van der Waals surface area contributed by atoms with Crippen molar-refractivity contribution in [3.8, 4) is 0 Å². The number of unbranched alkanes of at least 4 members (excludes halogenated alkanes) is 3. The number of rotatable bonds is 12. The van der Waals surface area contributed by atoms with E-state index in [1.54, 1.807) is 0 Å². The molecule has 2 aromatic heterocycles. The molecule has 0 aliphatic carbocycles. The number of aromatic nitrogens is 4. The lowest BCUT2D eigenvalue weighted by Crippen LogP contribution is -2.33. The highest BCUT2D eigenvalue weighted by molar-refractivity contribution is 7.71. The zero-order valence-electron chi connectivity index (χ0n) is 18.1. The van der Waals surface area contributed by atoms with E-state index in [9.17, 15) is 14.8 Å². The van der Waals surface area contributed by atoms with E-state index in [4.69, 9.17) is 38.2 Å². The highest BCUT2D eigenvalue weighted by Gasteiger charge is 2.45. The third kappa shape index (κ3) is 6.93. The van der Waals surface area contributed by atoms with Gasteiger partial charge in [0.1, 0.15) is 29.5 Å². The Morgan fingerprint density at radius 2 is 2.03 bits per heavy atom. The lowest BCUT2D eigenvalue weighted by Gasteiger charge is -2.17. The van der Waals surface area contributed by atoms with Crippen molar-refractivity contribution < 1.29 is 33.8 Å². The van der Waals surface area contributed by atoms with Gasteiger partial charge in [0.15, 0.2) is 16.8 Å². The molecule has 0 aromatic carbocycles. The number of hydrogen-bond donors (Lipinski definition) is 8. The summed E-state index contributed by atoms with van der Waals surface area (Å²) in [6.45, 7) is 0.617. The maximum absolute atomic E-state index is 10.9. The lowest BCUT2D eigenvalue weighted by atomic mass is 10.1. The molecule has 0 saturated carbocycles. The topological polar surface area (TPSA) is 239 Å². The van der Waals surface area contributed by atoms with E-state index >= 15 is 0 Å². The van der Waals surface area contributed by atoms with Crippen LogP contribution in [0.3, 0.4) is 0 Å². The number of nitrogens with two attached hydrogens (primary N) is 2. The lowest BCUT2D eigenvalue weighted by molar-refractivity contribution is -0.0503. The fourth-order valence-electron chi connectivity index (χ4n) is 3.49. The molecule has 3 heterocycles. The standard InChI is InChI=1S/C17H29N8O7PS/c18-16(19)20-5-3-1-2-4-6-21-17-23-13-10(14(34)24-17)22-8-25(13)15-12(27)11(26)9(32-15)7-31-33(28,29)30/h8-9,11-12,15,26-27H,1-7H2,(H4,18,19,20)(H2,28,29,30)(H2,21,23,24,34)/t9-,11-,12-,15-/m1/s1. The van der Waals surface area contributed by atoms with Crippen molar-refractivity contribution in [2.45, 2.75) is 50.2 Å². The molecular weight excluding hydrogens is 491 g/mol. The number of anilines is 1. The van der Waals surface area contributed by atoms with Crippen LogP contribution < -0.4 is 16.8 Å². The van der Waals surface area contributed by atoms with Crippen molar-refractivity contribution in [3.63, 3.8) is 0 Å². The normalized spacial score (nSPS) is 22.8. The second-order valence-electron chi connectivity index (χ2n) is 7.72. The van der Waals surface area contributed by atoms with E-state index in [0.717, 1.165) is 25.7 Å². The van der Waals surface area contributed by atoms with Gasteiger partial charge >= 0.3 is 7.82 Å². The SMILES string of the molecule is NC(N)=NCCCCCCNc1nc(=S)c2ncn([C@@H]3O[C@H](COP(=O)(O)O)[C@@H](O)[C@H]3O)c2[nH]1. The third-order valence-corrected chi connectivity index (χ3v) is 5.91. The number of phosphoric ester groups is 1. The predicted octanol–water partition coefficient (Wildman–Crippen LogP) is -0.537. The van der Waals surface area contributed by atoms with E-state index in [1.807, 2.05) is 0 Å². The minimum atomic E-state index is -4.77. The molecule has 1 aliphatic rings. The Bertz CT molecular complexity index is 1100. The van der Waals surface area contributed by atoms with Crippen LogP contribution in [0.1, 0.15) is 31.9 Å². The van der Waals surface area contributed by atoms with Crippen molar-refractivity contribution in [2.24, 2.45) is 16.5 Å². The molecule has 0 bridgehead atoms. The Balaban J connectivity index is 1.63. The summed E-state index contributed by atoms with van der Waals surface area (Å²) in [5.41, 5.74) is 11.3. The molecule has 10 N–H and O–H groups in total.